The number of nitrogens with two attached hydrogens (primary N) is 3. The Bertz CT molecular complexity index is 232. The lowest BCUT2D eigenvalue weighted by molar-refractivity contribution is -0.194. The summed E-state index contributed by atoms with van der Waals surface area (Å²) in [6, 6.07) is 0.229. The monoisotopic (exact) mass is 277 g/mol. The SMILES string of the molecule is NC1CC(N)CC(O)C1.NCC1O[C@H](O)CC[C@@H]1O. The molecule has 1 heterocycles. The van der Waals surface area contributed by atoms with Crippen LogP contribution < -0.4 is 17.2 Å². The predicted molar refractivity (Wildman–Crippen MR) is 71.0 cm³/mol. The van der Waals surface area contributed by atoms with Crippen LogP contribution in [0.1, 0.15) is 32.1 Å². The topological polar surface area (TPSA) is 148 Å². The molecule has 1 saturated carbocycles. The molecule has 1 aliphatic heterocycles. The molecule has 2 rings (SSSR count). The van der Waals surface area contributed by atoms with Crippen molar-refractivity contribution in [2.75, 3.05) is 6.54 Å². The second-order valence-corrected chi connectivity index (χ2v) is 5.39. The third kappa shape index (κ3) is 6.13. The largest absolute Gasteiger partial charge is 0.393 e. The zero-order valence-electron chi connectivity index (χ0n) is 11.2. The summed E-state index contributed by atoms with van der Waals surface area (Å²) in [5, 5.41) is 27.2. The fourth-order valence-corrected chi connectivity index (χ4v) is 2.45. The van der Waals surface area contributed by atoms with Crippen molar-refractivity contribution < 1.29 is 20.1 Å². The van der Waals surface area contributed by atoms with Crippen molar-refractivity contribution in [3.8, 4) is 0 Å². The van der Waals surface area contributed by atoms with E-state index < -0.39 is 12.4 Å². The number of rotatable bonds is 1. The molecule has 0 aromatic carbocycles. The van der Waals surface area contributed by atoms with E-state index in [1.54, 1.807) is 0 Å². The Morgan fingerprint density at radius 3 is 1.95 bits per heavy atom. The van der Waals surface area contributed by atoms with Crippen molar-refractivity contribution in [1.29, 1.82) is 0 Å². The highest BCUT2D eigenvalue weighted by atomic mass is 16.6. The second-order valence-electron chi connectivity index (χ2n) is 5.39. The summed E-state index contributed by atoms with van der Waals surface area (Å²) in [7, 11) is 0. The van der Waals surface area contributed by atoms with Gasteiger partial charge in [-0.25, -0.2) is 0 Å². The molecule has 5 atom stereocenters. The summed E-state index contributed by atoms with van der Waals surface area (Å²) in [4.78, 5) is 0. The van der Waals surface area contributed by atoms with Crippen LogP contribution in [0.3, 0.4) is 0 Å². The van der Waals surface area contributed by atoms with E-state index in [-0.39, 0.29) is 30.8 Å². The first kappa shape index (κ1) is 16.8. The van der Waals surface area contributed by atoms with Crippen molar-refractivity contribution in [1.82, 2.24) is 0 Å². The number of hydrogen-bond acceptors (Lipinski definition) is 7. The molecule has 0 radical (unpaired) electrons. The zero-order valence-corrected chi connectivity index (χ0v) is 11.2. The zero-order chi connectivity index (χ0) is 14.4. The molecule has 2 fully saturated rings. The van der Waals surface area contributed by atoms with E-state index in [4.69, 9.17) is 32.2 Å². The number of hydrogen-bond donors (Lipinski definition) is 6. The first-order chi connectivity index (χ1) is 8.92. The highest BCUT2D eigenvalue weighted by molar-refractivity contribution is 4.82. The van der Waals surface area contributed by atoms with Gasteiger partial charge in [-0.15, -0.1) is 0 Å². The lowest BCUT2D eigenvalue weighted by Gasteiger charge is -2.30. The normalized spacial score (nSPS) is 43.3. The van der Waals surface area contributed by atoms with Crippen LogP contribution in [0.4, 0.5) is 0 Å². The fraction of sp³-hybridized carbons (Fsp3) is 1.00. The molecule has 0 aromatic rings. The predicted octanol–water partition coefficient (Wildman–Crippen LogP) is -2.01. The van der Waals surface area contributed by atoms with Crippen molar-refractivity contribution in [2.24, 2.45) is 17.2 Å². The lowest BCUT2D eigenvalue weighted by atomic mass is 9.90. The Hall–Kier alpha value is -0.280. The summed E-state index contributed by atoms with van der Waals surface area (Å²) in [5.41, 5.74) is 16.4. The van der Waals surface area contributed by atoms with Crippen LogP contribution >= 0.6 is 0 Å². The summed E-state index contributed by atoms with van der Waals surface area (Å²) in [6.07, 6.45) is 1.47. The van der Waals surface area contributed by atoms with Crippen LogP contribution in [0.15, 0.2) is 0 Å². The van der Waals surface area contributed by atoms with Gasteiger partial charge in [0.2, 0.25) is 0 Å². The van der Waals surface area contributed by atoms with Crippen LogP contribution in [0, 0.1) is 0 Å². The summed E-state index contributed by atoms with van der Waals surface area (Å²) in [6.45, 7) is 0.262. The van der Waals surface area contributed by atoms with Crippen molar-refractivity contribution >= 4 is 0 Å². The maximum absolute atomic E-state index is 9.17. The van der Waals surface area contributed by atoms with Gasteiger partial charge in [0, 0.05) is 25.0 Å². The second kappa shape index (κ2) is 8.11. The van der Waals surface area contributed by atoms with Crippen LogP contribution in [-0.4, -0.2) is 58.5 Å². The number of aliphatic hydroxyl groups excluding tert-OH is 3. The summed E-state index contributed by atoms with van der Waals surface area (Å²) < 4.78 is 4.93. The molecule has 7 nitrogen and oxygen atoms in total. The van der Waals surface area contributed by atoms with Gasteiger partial charge in [0.15, 0.2) is 6.29 Å². The fourth-order valence-electron chi connectivity index (χ4n) is 2.45. The molecule has 0 bridgehead atoms. The van der Waals surface area contributed by atoms with Crippen molar-refractivity contribution in [3.63, 3.8) is 0 Å². The third-order valence-electron chi connectivity index (χ3n) is 3.46. The minimum Gasteiger partial charge on any atom is -0.393 e. The maximum atomic E-state index is 9.17. The average molecular weight is 277 g/mol. The minimum atomic E-state index is -0.739. The standard InChI is InChI=1S/C6H14N2O.C6H13NO3/c7-4-1-5(8)3-6(9)2-4;7-3-5-4(8)1-2-6(9)10-5/h4-6,9H,1-3,7-8H2;4-6,8-9H,1-3,7H2/t;4-,5?,6-/m.0/s1. The van der Waals surface area contributed by atoms with Crippen LogP contribution in [0.5, 0.6) is 0 Å². The molecule has 1 aliphatic carbocycles. The number of ether oxygens (including phenoxy) is 1. The minimum absolute atomic E-state index is 0.115. The third-order valence-corrected chi connectivity index (χ3v) is 3.46. The molecule has 2 aliphatic rings. The van der Waals surface area contributed by atoms with E-state index in [9.17, 15) is 5.11 Å². The molecule has 0 spiro atoms. The molecular formula is C12H27N3O4. The van der Waals surface area contributed by atoms with Gasteiger partial charge in [0.1, 0.15) is 0 Å². The molecule has 1 saturated heterocycles. The Morgan fingerprint density at radius 1 is 0.947 bits per heavy atom. The van der Waals surface area contributed by atoms with Crippen LogP contribution in [0.25, 0.3) is 0 Å². The smallest absolute Gasteiger partial charge is 0.155 e. The van der Waals surface area contributed by atoms with Gasteiger partial charge in [-0.1, -0.05) is 0 Å². The van der Waals surface area contributed by atoms with Crippen molar-refractivity contribution in [2.45, 2.75) is 68.8 Å². The van der Waals surface area contributed by atoms with E-state index in [1.807, 2.05) is 0 Å². The highest BCUT2D eigenvalue weighted by Gasteiger charge is 2.27. The summed E-state index contributed by atoms with van der Waals surface area (Å²) >= 11 is 0. The van der Waals surface area contributed by atoms with E-state index in [0.717, 1.165) is 6.42 Å². The van der Waals surface area contributed by atoms with E-state index >= 15 is 0 Å². The lowest BCUT2D eigenvalue weighted by Crippen LogP contribution is -2.43. The van der Waals surface area contributed by atoms with Crippen LogP contribution in [-0.2, 0) is 4.74 Å². The average Bonchev–Trinajstić information content (AvgIpc) is 2.31. The van der Waals surface area contributed by atoms with Gasteiger partial charge in [-0.05, 0) is 25.7 Å². The van der Waals surface area contributed by atoms with Gasteiger partial charge < -0.3 is 37.3 Å². The van der Waals surface area contributed by atoms with Gasteiger partial charge in [0.25, 0.3) is 0 Å². The van der Waals surface area contributed by atoms with Gasteiger partial charge in [0.05, 0.1) is 18.3 Å². The Morgan fingerprint density at radius 2 is 1.53 bits per heavy atom. The maximum Gasteiger partial charge on any atom is 0.155 e. The Balaban J connectivity index is 0.000000191. The molecule has 9 N–H and O–H groups in total. The molecule has 7 heteroatoms. The van der Waals surface area contributed by atoms with Gasteiger partial charge in [-0.3, -0.25) is 0 Å². The molecular weight excluding hydrogens is 250 g/mol. The van der Waals surface area contributed by atoms with E-state index in [0.29, 0.717) is 25.7 Å². The molecule has 114 valence electrons. The number of aliphatic hydroxyl groups is 3. The Kier molecular flexibility index (Phi) is 7.16. The van der Waals surface area contributed by atoms with Gasteiger partial charge >= 0.3 is 0 Å². The quantitative estimate of drug-likeness (QED) is 0.324. The van der Waals surface area contributed by atoms with Crippen molar-refractivity contribution in [3.05, 3.63) is 0 Å². The van der Waals surface area contributed by atoms with Crippen LogP contribution in [0.2, 0.25) is 0 Å². The van der Waals surface area contributed by atoms with Gasteiger partial charge in [-0.2, -0.15) is 0 Å². The first-order valence-electron chi connectivity index (χ1n) is 6.83. The molecule has 0 amide bonds. The highest BCUT2D eigenvalue weighted by Crippen LogP contribution is 2.17. The van der Waals surface area contributed by atoms with E-state index in [2.05, 4.69) is 0 Å². The molecule has 19 heavy (non-hydrogen) atoms. The Labute approximate surface area is 113 Å². The molecule has 3 unspecified atom stereocenters. The summed E-state index contributed by atoms with van der Waals surface area (Å²) in [5.74, 6) is 0. The van der Waals surface area contributed by atoms with E-state index in [1.165, 1.54) is 0 Å². The first-order valence-corrected chi connectivity index (χ1v) is 6.83. The molecule has 0 aromatic heterocycles.